The number of fused-ring (bicyclic) bond motifs is 4. The van der Waals surface area contributed by atoms with Crippen LogP contribution in [0.2, 0.25) is 0 Å². The molecule has 0 amide bonds. The van der Waals surface area contributed by atoms with Gasteiger partial charge in [-0.25, -0.2) is 13.6 Å². The van der Waals surface area contributed by atoms with Crippen LogP contribution in [0.25, 0.3) is 0 Å². The standard InChI is InChI=1S/C27H33F2NO10/c1-25-5-4-15(31)10-19(25)20(28)11-18-16-2-3-17-24(26(16,17)12-22(33)27(18,25)29)21(32)13-39-23(34)14-38-7-6-37-8-9-40-30(35)36/h4-5,10,16-18,20,22,24,33H,2-3,6-9,11-14H2,1H3/t16?,17?,18?,20-,22?,24?,25?,26?,27-/m0/s1. The molecule has 40 heavy (non-hydrogen) atoms. The SMILES string of the molecule is CC12C=CC(=O)C=C1[C@@H](F)CC1C3CCC4C(C(=O)COC(=O)COCCOCCO[N+](=O)[O-])C43CC(O)[C@@]12F. The van der Waals surface area contributed by atoms with Crippen molar-refractivity contribution in [1.82, 2.24) is 0 Å². The Kier molecular flexibility index (Phi) is 7.60. The van der Waals surface area contributed by atoms with Gasteiger partial charge in [-0.05, 0) is 67.6 Å². The van der Waals surface area contributed by atoms with Gasteiger partial charge in [-0.1, -0.05) is 6.08 Å². The van der Waals surface area contributed by atoms with Gasteiger partial charge >= 0.3 is 5.97 Å². The monoisotopic (exact) mass is 569 g/mol. The van der Waals surface area contributed by atoms with Gasteiger partial charge in [-0.3, -0.25) is 9.59 Å². The van der Waals surface area contributed by atoms with Gasteiger partial charge in [-0.2, -0.15) is 0 Å². The van der Waals surface area contributed by atoms with Crippen LogP contribution in [0, 0.1) is 44.6 Å². The van der Waals surface area contributed by atoms with E-state index in [9.17, 15) is 29.6 Å². The lowest BCUT2D eigenvalue weighted by molar-refractivity contribution is -0.758. The Labute approximate surface area is 228 Å². The van der Waals surface area contributed by atoms with Gasteiger partial charge in [0.25, 0.3) is 5.09 Å². The van der Waals surface area contributed by atoms with E-state index >= 15 is 8.78 Å². The molecule has 4 fully saturated rings. The van der Waals surface area contributed by atoms with Crippen LogP contribution >= 0.6 is 0 Å². The molecule has 0 saturated heterocycles. The first-order valence-corrected chi connectivity index (χ1v) is 13.5. The van der Waals surface area contributed by atoms with Gasteiger partial charge in [0, 0.05) is 17.3 Å². The van der Waals surface area contributed by atoms with Crippen LogP contribution in [0.15, 0.2) is 23.8 Å². The van der Waals surface area contributed by atoms with E-state index in [1.54, 1.807) is 6.92 Å². The Hall–Kier alpha value is -2.77. The molecular formula is C27H33F2NO10. The van der Waals surface area contributed by atoms with E-state index < -0.39 is 70.7 Å². The minimum Gasteiger partial charge on any atom is -0.456 e. The Morgan fingerprint density at radius 1 is 1.12 bits per heavy atom. The summed E-state index contributed by atoms with van der Waals surface area (Å²) in [5.41, 5.74) is -4.22. The smallest absolute Gasteiger partial charge is 0.332 e. The molecule has 5 rings (SSSR count). The van der Waals surface area contributed by atoms with E-state index in [0.717, 1.165) is 6.08 Å². The van der Waals surface area contributed by atoms with Crippen molar-refractivity contribution in [2.75, 3.05) is 39.6 Å². The Bertz CT molecular complexity index is 1140. The molecule has 220 valence electrons. The largest absolute Gasteiger partial charge is 0.456 e. The Balaban J connectivity index is 1.15. The molecule has 7 unspecified atom stereocenters. The van der Waals surface area contributed by atoms with Crippen LogP contribution in [0.3, 0.4) is 0 Å². The van der Waals surface area contributed by atoms with Crippen molar-refractivity contribution in [3.05, 3.63) is 33.9 Å². The summed E-state index contributed by atoms with van der Waals surface area (Å²) >= 11 is 0. The topological polar surface area (TPSA) is 152 Å². The van der Waals surface area contributed by atoms with E-state index in [1.165, 1.54) is 12.2 Å². The van der Waals surface area contributed by atoms with Crippen molar-refractivity contribution in [3.8, 4) is 0 Å². The zero-order valence-electron chi connectivity index (χ0n) is 22.1. The second kappa shape index (κ2) is 10.6. The second-order valence-corrected chi connectivity index (χ2v) is 11.6. The molecule has 1 N–H and O–H groups in total. The number of aliphatic hydroxyl groups is 1. The number of aliphatic hydroxyl groups excluding tert-OH is 1. The molecular weight excluding hydrogens is 536 g/mol. The summed E-state index contributed by atoms with van der Waals surface area (Å²) in [7, 11) is 0. The van der Waals surface area contributed by atoms with Crippen molar-refractivity contribution in [2.24, 2.45) is 34.5 Å². The lowest BCUT2D eigenvalue weighted by Gasteiger charge is -2.60. The molecule has 0 aromatic rings. The minimum atomic E-state index is -2.17. The highest BCUT2D eigenvalue weighted by atomic mass is 19.1. The van der Waals surface area contributed by atoms with Crippen LogP contribution in [-0.4, -0.2) is 85.3 Å². The zero-order valence-corrected chi connectivity index (χ0v) is 22.1. The van der Waals surface area contributed by atoms with E-state index in [1.807, 2.05) is 0 Å². The quantitative estimate of drug-likeness (QED) is 0.160. The Morgan fingerprint density at radius 2 is 1.82 bits per heavy atom. The molecule has 13 heteroatoms. The minimum absolute atomic E-state index is 0.0207. The second-order valence-electron chi connectivity index (χ2n) is 11.6. The maximum Gasteiger partial charge on any atom is 0.332 e. The number of halogens is 2. The van der Waals surface area contributed by atoms with Gasteiger partial charge < -0.3 is 24.2 Å². The summed E-state index contributed by atoms with van der Waals surface area (Å²) in [5, 5.41) is 20.4. The molecule has 5 aliphatic carbocycles. The number of alkyl halides is 2. The maximum absolute atomic E-state index is 17.1. The first-order valence-electron chi connectivity index (χ1n) is 13.5. The number of Topliss-reactive ketones (excluding diaryl/α,β-unsaturated/α-hetero) is 1. The third-order valence-corrected chi connectivity index (χ3v) is 9.91. The first kappa shape index (κ1) is 28.7. The molecule has 0 radical (unpaired) electrons. The normalized spacial score (nSPS) is 40.7. The van der Waals surface area contributed by atoms with E-state index in [0.29, 0.717) is 12.8 Å². The molecule has 0 heterocycles. The van der Waals surface area contributed by atoms with Crippen molar-refractivity contribution >= 4 is 17.5 Å². The molecule has 0 bridgehead atoms. The van der Waals surface area contributed by atoms with Crippen LogP contribution in [0.4, 0.5) is 8.78 Å². The molecule has 5 aliphatic rings. The number of rotatable bonds is 12. The van der Waals surface area contributed by atoms with Gasteiger partial charge in [0.2, 0.25) is 0 Å². The zero-order chi connectivity index (χ0) is 28.9. The highest BCUT2D eigenvalue weighted by molar-refractivity contribution is 6.01. The molecule has 0 aliphatic heterocycles. The van der Waals surface area contributed by atoms with Crippen LogP contribution in [-0.2, 0) is 33.4 Å². The number of carbonyl (C=O) groups is 3. The fourth-order valence-corrected chi connectivity index (χ4v) is 8.37. The number of nitrogens with zero attached hydrogens (tertiary/aromatic N) is 1. The number of ether oxygens (including phenoxy) is 3. The molecule has 1 spiro atoms. The molecule has 4 saturated carbocycles. The van der Waals surface area contributed by atoms with Gasteiger partial charge in [-0.15, -0.1) is 10.1 Å². The highest BCUT2D eigenvalue weighted by Crippen LogP contribution is 2.80. The lowest BCUT2D eigenvalue weighted by atomic mass is 9.47. The summed E-state index contributed by atoms with van der Waals surface area (Å²) in [4.78, 5) is 51.2. The van der Waals surface area contributed by atoms with Crippen molar-refractivity contribution in [2.45, 2.75) is 50.6 Å². The molecule has 11 nitrogen and oxygen atoms in total. The summed E-state index contributed by atoms with van der Waals surface area (Å²) in [6, 6.07) is 0. The van der Waals surface area contributed by atoms with Crippen molar-refractivity contribution < 1.29 is 52.4 Å². The predicted octanol–water partition coefficient (Wildman–Crippen LogP) is 1.89. The molecule has 9 atom stereocenters. The van der Waals surface area contributed by atoms with E-state index in [4.69, 9.17) is 14.2 Å². The number of allylic oxidation sites excluding steroid dienone is 4. The fraction of sp³-hybridized carbons (Fsp3) is 0.741. The summed E-state index contributed by atoms with van der Waals surface area (Å²) in [6.45, 7) is 0.496. The third kappa shape index (κ3) is 4.46. The molecule has 0 aromatic carbocycles. The number of carbonyl (C=O) groups excluding carboxylic acids is 3. The van der Waals surface area contributed by atoms with Crippen LogP contribution in [0.5, 0.6) is 0 Å². The van der Waals surface area contributed by atoms with Crippen molar-refractivity contribution in [1.29, 1.82) is 0 Å². The van der Waals surface area contributed by atoms with Gasteiger partial charge in [0.15, 0.2) is 17.2 Å². The maximum atomic E-state index is 17.1. The van der Waals surface area contributed by atoms with Crippen LogP contribution < -0.4 is 0 Å². The first-order chi connectivity index (χ1) is 19.0. The predicted molar refractivity (Wildman–Crippen MR) is 130 cm³/mol. The molecule has 0 aromatic heterocycles. The number of hydrogen-bond acceptors (Lipinski definition) is 10. The third-order valence-electron chi connectivity index (χ3n) is 9.91. The lowest BCUT2D eigenvalue weighted by Crippen LogP contribution is -2.67. The number of esters is 1. The van der Waals surface area contributed by atoms with Gasteiger partial charge in [0.05, 0.1) is 25.9 Å². The van der Waals surface area contributed by atoms with Crippen LogP contribution in [0.1, 0.15) is 32.6 Å². The fourth-order valence-electron chi connectivity index (χ4n) is 8.37. The summed E-state index contributed by atoms with van der Waals surface area (Å²) in [5.74, 6) is -3.17. The van der Waals surface area contributed by atoms with E-state index in [2.05, 4.69) is 4.84 Å². The summed E-state index contributed by atoms with van der Waals surface area (Å²) < 4.78 is 47.8. The average Bonchev–Trinajstić information content (AvgIpc) is 3.37. The van der Waals surface area contributed by atoms with Crippen molar-refractivity contribution in [3.63, 3.8) is 0 Å². The Morgan fingerprint density at radius 3 is 2.58 bits per heavy atom. The summed E-state index contributed by atoms with van der Waals surface area (Å²) in [6.07, 6.45) is 1.97. The number of ketones is 2. The highest BCUT2D eigenvalue weighted by Gasteiger charge is 2.81. The average molecular weight is 570 g/mol. The van der Waals surface area contributed by atoms with Gasteiger partial charge in [0.1, 0.15) is 26.0 Å². The number of hydrogen-bond donors (Lipinski definition) is 1. The van der Waals surface area contributed by atoms with E-state index in [-0.39, 0.29) is 62.5 Å².